The van der Waals surface area contributed by atoms with Crippen molar-refractivity contribution in [2.45, 2.75) is 50.2 Å². The molecule has 74 valence electrons. The first-order valence-corrected chi connectivity index (χ1v) is 5.20. The van der Waals surface area contributed by atoms with Crippen molar-refractivity contribution in [2.24, 2.45) is 5.92 Å². The van der Waals surface area contributed by atoms with Crippen molar-refractivity contribution in [1.29, 1.82) is 0 Å². The van der Waals surface area contributed by atoms with E-state index in [1.54, 1.807) is 0 Å². The molecule has 2 nitrogen and oxygen atoms in total. The van der Waals surface area contributed by atoms with E-state index in [1.807, 2.05) is 0 Å². The summed E-state index contributed by atoms with van der Waals surface area (Å²) in [7, 11) is 0. The normalized spacial score (nSPS) is 45.8. The molecular weight excluding hydrogens is 164 g/mol. The molecule has 13 heavy (non-hydrogen) atoms. The number of fused-ring (bicyclic) bond motifs is 1. The van der Waals surface area contributed by atoms with Gasteiger partial charge in [0.25, 0.3) is 0 Å². The second-order valence-corrected chi connectivity index (χ2v) is 4.61. The van der Waals surface area contributed by atoms with Crippen LogP contribution < -0.4 is 0 Å². The minimum atomic E-state index is -0.792. The molecule has 2 fully saturated rings. The number of aliphatic hydroxyl groups is 2. The lowest BCUT2D eigenvalue weighted by Gasteiger charge is -2.47. The van der Waals surface area contributed by atoms with Gasteiger partial charge in [-0.2, -0.15) is 0 Å². The molecule has 0 spiro atoms. The van der Waals surface area contributed by atoms with Crippen LogP contribution in [0.4, 0.5) is 0 Å². The van der Waals surface area contributed by atoms with Crippen molar-refractivity contribution in [3.63, 3.8) is 0 Å². The maximum atomic E-state index is 10.3. The van der Waals surface area contributed by atoms with Crippen molar-refractivity contribution >= 4 is 0 Å². The van der Waals surface area contributed by atoms with E-state index in [-0.39, 0.29) is 5.92 Å². The molecule has 0 aromatic heterocycles. The monoisotopic (exact) mass is 182 g/mol. The number of aliphatic hydroxyl groups excluding tert-OH is 1. The first-order chi connectivity index (χ1) is 6.13. The summed E-state index contributed by atoms with van der Waals surface area (Å²) in [6.45, 7) is 3.92. The maximum absolute atomic E-state index is 10.3. The molecule has 0 aromatic carbocycles. The Morgan fingerprint density at radius 3 is 2.85 bits per heavy atom. The van der Waals surface area contributed by atoms with Gasteiger partial charge in [0.2, 0.25) is 0 Å². The van der Waals surface area contributed by atoms with Gasteiger partial charge in [0.15, 0.2) is 0 Å². The van der Waals surface area contributed by atoms with Gasteiger partial charge in [-0.25, -0.2) is 0 Å². The Bertz CT molecular complexity index is 224. The second-order valence-electron chi connectivity index (χ2n) is 4.61. The van der Waals surface area contributed by atoms with Gasteiger partial charge in [-0.3, -0.25) is 0 Å². The Balaban J connectivity index is 2.19. The SMILES string of the molecule is C=C1CC(O)C2(O)CCCCC2C1. The molecule has 3 atom stereocenters. The van der Waals surface area contributed by atoms with E-state index >= 15 is 0 Å². The summed E-state index contributed by atoms with van der Waals surface area (Å²) in [5.74, 6) is 0.262. The standard InChI is InChI=1S/C11H18O2/c1-8-6-9-4-2-3-5-11(9,13)10(12)7-8/h9-10,12-13H,1-7H2. The molecule has 2 heteroatoms. The average molecular weight is 182 g/mol. The summed E-state index contributed by atoms with van der Waals surface area (Å²) in [4.78, 5) is 0. The van der Waals surface area contributed by atoms with Crippen LogP contribution in [-0.4, -0.2) is 21.9 Å². The van der Waals surface area contributed by atoms with Gasteiger partial charge in [-0.15, -0.1) is 0 Å². The molecule has 2 saturated carbocycles. The zero-order chi connectivity index (χ0) is 9.47. The van der Waals surface area contributed by atoms with Crippen molar-refractivity contribution < 1.29 is 10.2 Å². The van der Waals surface area contributed by atoms with E-state index < -0.39 is 11.7 Å². The van der Waals surface area contributed by atoms with Crippen LogP contribution in [0.3, 0.4) is 0 Å². The van der Waals surface area contributed by atoms with Crippen LogP contribution in [0.2, 0.25) is 0 Å². The first-order valence-electron chi connectivity index (χ1n) is 5.20. The van der Waals surface area contributed by atoms with Crippen molar-refractivity contribution in [1.82, 2.24) is 0 Å². The Hall–Kier alpha value is -0.340. The summed E-state index contributed by atoms with van der Waals surface area (Å²) < 4.78 is 0. The lowest BCUT2D eigenvalue weighted by atomic mass is 9.65. The predicted octanol–water partition coefficient (Wildman–Crippen LogP) is 1.62. The van der Waals surface area contributed by atoms with Crippen molar-refractivity contribution in [3.8, 4) is 0 Å². The Morgan fingerprint density at radius 1 is 1.31 bits per heavy atom. The minimum absolute atomic E-state index is 0.262. The molecule has 0 amide bonds. The molecular formula is C11H18O2. The molecule has 2 aliphatic carbocycles. The van der Waals surface area contributed by atoms with Crippen LogP contribution in [0.5, 0.6) is 0 Å². The van der Waals surface area contributed by atoms with Crippen LogP contribution in [0, 0.1) is 5.92 Å². The Labute approximate surface area is 79.3 Å². The van der Waals surface area contributed by atoms with Gasteiger partial charge in [0.05, 0.1) is 11.7 Å². The summed E-state index contributed by atoms with van der Waals surface area (Å²) in [6, 6.07) is 0. The summed E-state index contributed by atoms with van der Waals surface area (Å²) in [5, 5.41) is 20.1. The lowest BCUT2D eigenvalue weighted by molar-refractivity contribution is -0.143. The number of hydrogen-bond donors (Lipinski definition) is 2. The van der Waals surface area contributed by atoms with Crippen LogP contribution in [0.25, 0.3) is 0 Å². The van der Waals surface area contributed by atoms with Crippen LogP contribution in [0.15, 0.2) is 12.2 Å². The van der Waals surface area contributed by atoms with E-state index in [4.69, 9.17) is 0 Å². The third-order valence-corrected chi connectivity index (χ3v) is 3.68. The van der Waals surface area contributed by atoms with Gasteiger partial charge in [-0.05, 0) is 31.6 Å². The molecule has 0 saturated heterocycles. The van der Waals surface area contributed by atoms with E-state index in [0.717, 1.165) is 31.3 Å². The second kappa shape index (κ2) is 3.10. The molecule has 0 aromatic rings. The largest absolute Gasteiger partial charge is 0.390 e. The summed E-state index contributed by atoms with van der Waals surface area (Å²) in [6.07, 6.45) is 4.99. The zero-order valence-corrected chi connectivity index (χ0v) is 8.00. The quantitative estimate of drug-likeness (QED) is 0.559. The van der Waals surface area contributed by atoms with E-state index in [2.05, 4.69) is 6.58 Å². The van der Waals surface area contributed by atoms with Crippen molar-refractivity contribution in [3.05, 3.63) is 12.2 Å². The van der Waals surface area contributed by atoms with Gasteiger partial charge >= 0.3 is 0 Å². The first kappa shape index (κ1) is 9.22. The van der Waals surface area contributed by atoms with E-state index in [9.17, 15) is 10.2 Å². The van der Waals surface area contributed by atoms with Crippen LogP contribution in [0.1, 0.15) is 38.5 Å². The van der Waals surface area contributed by atoms with Gasteiger partial charge in [0.1, 0.15) is 0 Å². The third kappa shape index (κ3) is 1.42. The molecule has 2 aliphatic rings. The molecule has 0 heterocycles. The highest BCUT2D eigenvalue weighted by atomic mass is 16.3. The maximum Gasteiger partial charge on any atom is 0.0939 e. The molecule has 2 rings (SSSR count). The Morgan fingerprint density at radius 2 is 2.08 bits per heavy atom. The molecule has 0 aliphatic heterocycles. The fraction of sp³-hybridized carbons (Fsp3) is 0.818. The van der Waals surface area contributed by atoms with Gasteiger partial charge in [0, 0.05) is 0 Å². The lowest BCUT2D eigenvalue weighted by Crippen LogP contribution is -2.53. The number of rotatable bonds is 0. The summed E-state index contributed by atoms with van der Waals surface area (Å²) in [5.41, 5.74) is 0.309. The van der Waals surface area contributed by atoms with Crippen molar-refractivity contribution in [2.75, 3.05) is 0 Å². The molecule has 2 N–H and O–H groups in total. The van der Waals surface area contributed by atoms with Gasteiger partial charge in [-0.1, -0.05) is 25.0 Å². The third-order valence-electron chi connectivity index (χ3n) is 3.68. The highest BCUT2D eigenvalue weighted by Gasteiger charge is 2.47. The fourth-order valence-corrected chi connectivity index (χ4v) is 2.85. The zero-order valence-electron chi connectivity index (χ0n) is 8.00. The van der Waals surface area contributed by atoms with E-state index in [1.165, 1.54) is 6.42 Å². The van der Waals surface area contributed by atoms with Crippen LogP contribution in [-0.2, 0) is 0 Å². The molecule has 0 bridgehead atoms. The average Bonchev–Trinajstić information content (AvgIpc) is 2.07. The van der Waals surface area contributed by atoms with E-state index in [0.29, 0.717) is 6.42 Å². The van der Waals surface area contributed by atoms with Crippen LogP contribution >= 0.6 is 0 Å². The highest BCUT2D eigenvalue weighted by molar-refractivity contribution is 5.12. The predicted molar refractivity (Wildman–Crippen MR) is 51.3 cm³/mol. The molecule has 0 radical (unpaired) electrons. The highest BCUT2D eigenvalue weighted by Crippen LogP contribution is 2.45. The molecule has 3 unspecified atom stereocenters. The van der Waals surface area contributed by atoms with Gasteiger partial charge < -0.3 is 10.2 Å². The number of hydrogen-bond acceptors (Lipinski definition) is 2. The Kier molecular flexibility index (Phi) is 2.20. The summed E-state index contributed by atoms with van der Waals surface area (Å²) >= 11 is 0. The minimum Gasteiger partial charge on any atom is -0.390 e. The fourth-order valence-electron chi connectivity index (χ4n) is 2.85. The topological polar surface area (TPSA) is 40.5 Å². The smallest absolute Gasteiger partial charge is 0.0939 e.